The van der Waals surface area contributed by atoms with E-state index in [1.807, 2.05) is 31.5 Å². The molecule has 3 aromatic heterocycles. The van der Waals surface area contributed by atoms with Crippen molar-refractivity contribution in [3.8, 4) is 5.82 Å². The summed E-state index contributed by atoms with van der Waals surface area (Å²) in [5.74, 6) is 0.869. The Hall–Kier alpha value is -2.74. The molecule has 0 aliphatic rings. The standard InChI is InChI=1S/C16H18N6OS/c1-11(15-20-12(2)10-24-15)8-18-16(23)21-13-4-5-14(17-9-13)22-7-3-6-19-22/h3-7,9-11H,8H2,1-2H3,(H2,18,21,23). The van der Waals surface area contributed by atoms with Crippen molar-refractivity contribution in [3.05, 3.63) is 52.9 Å². The van der Waals surface area contributed by atoms with E-state index in [2.05, 4.69) is 25.7 Å². The largest absolute Gasteiger partial charge is 0.337 e. The van der Waals surface area contributed by atoms with E-state index < -0.39 is 0 Å². The molecule has 24 heavy (non-hydrogen) atoms. The first-order chi connectivity index (χ1) is 11.6. The smallest absolute Gasteiger partial charge is 0.319 e. The summed E-state index contributed by atoms with van der Waals surface area (Å²) < 4.78 is 1.65. The van der Waals surface area contributed by atoms with Crippen LogP contribution in [0.1, 0.15) is 23.5 Å². The van der Waals surface area contributed by atoms with Crippen molar-refractivity contribution in [2.75, 3.05) is 11.9 Å². The highest BCUT2D eigenvalue weighted by Crippen LogP contribution is 2.18. The Morgan fingerprint density at radius 3 is 2.92 bits per heavy atom. The molecule has 3 heterocycles. The normalized spacial score (nSPS) is 11.9. The molecule has 0 fully saturated rings. The Labute approximate surface area is 143 Å². The third-order valence-electron chi connectivity index (χ3n) is 3.37. The maximum absolute atomic E-state index is 12.0. The van der Waals surface area contributed by atoms with Crippen molar-refractivity contribution in [2.45, 2.75) is 19.8 Å². The number of aromatic nitrogens is 4. The summed E-state index contributed by atoms with van der Waals surface area (Å²) in [5, 5.41) is 12.8. The summed E-state index contributed by atoms with van der Waals surface area (Å²) in [6.07, 6.45) is 5.10. The van der Waals surface area contributed by atoms with Crippen molar-refractivity contribution in [2.24, 2.45) is 0 Å². The van der Waals surface area contributed by atoms with E-state index in [0.29, 0.717) is 18.1 Å². The van der Waals surface area contributed by atoms with E-state index in [0.717, 1.165) is 10.7 Å². The van der Waals surface area contributed by atoms with E-state index in [1.165, 1.54) is 0 Å². The van der Waals surface area contributed by atoms with Gasteiger partial charge in [-0.25, -0.2) is 19.4 Å². The predicted molar refractivity (Wildman–Crippen MR) is 93.6 cm³/mol. The van der Waals surface area contributed by atoms with Crippen LogP contribution in [0, 0.1) is 6.92 Å². The zero-order valence-electron chi connectivity index (χ0n) is 13.4. The molecule has 2 N–H and O–H groups in total. The van der Waals surface area contributed by atoms with Crippen LogP contribution in [0.2, 0.25) is 0 Å². The number of pyridine rings is 1. The highest BCUT2D eigenvalue weighted by atomic mass is 32.1. The van der Waals surface area contributed by atoms with Gasteiger partial charge in [-0.1, -0.05) is 6.92 Å². The number of carbonyl (C=O) groups excluding carboxylic acids is 1. The molecule has 3 aromatic rings. The number of carbonyl (C=O) groups is 1. The Morgan fingerprint density at radius 2 is 2.29 bits per heavy atom. The summed E-state index contributed by atoms with van der Waals surface area (Å²) in [7, 11) is 0. The lowest BCUT2D eigenvalue weighted by Crippen LogP contribution is -2.31. The topological polar surface area (TPSA) is 84.7 Å². The molecule has 0 spiro atoms. The average molecular weight is 342 g/mol. The highest BCUT2D eigenvalue weighted by Gasteiger charge is 2.11. The molecule has 124 valence electrons. The minimum Gasteiger partial charge on any atom is -0.337 e. The molecule has 7 nitrogen and oxygen atoms in total. The maximum Gasteiger partial charge on any atom is 0.319 e. The van der Waals surface area contributed by atoms with E-state index in [4.69, 9.17) is 0 Å². The number of urea groups is 1. The number of rotatable bonds is 5. The Balaban J connectivity index is 1.51. The molecule has 8 heteroatoms. The van der Waals surface area contributed by atoms with Gasteiger partial charge in [0.2, 0.25) is 0 Å². The third-order valence-corrected chi connectivity index (χ3v) is 4.57. The number of thiazole rings is 1. The average Bonchev–Trinajstić information content (AvgIpc) is 3.25. The fourth-order valence-electron chi connectivity index (χ4n) is 2.11. The van der Waals surface area contributed by atoms with Crippen molar-refractivity contribution in [1.82, 2.24) is 25.1 Å². The van der Waals surface area contributed by atoms with Gasteiger partial charge < -0.3 is 10.6 Å². The zero-order valence-corrected chi connectivity index (χ0v) is 14.2. The van der Waals surface area contributed by atoms with E-state index in [-0.39, 0.29) is 11.9 Å². The maximum atomic E-state index is 12.0. The van der Waals surface area contributed by atoms with Gasteiger partial charge in [0.05, 0.1) is 16.9 Å². The zero-order chi connectivity index (χ0) is 16.9. The summed E-state index contributed by atoms with van der Waals surface area (Å²) in [6.45, 7) is 4.53. The van der Waals surface area contributed by atoms with Gasteiger partial charge in [-0.15, -0.1) is 11.3 Å². The van der Waals surface area contributed by atoms with Crippen LogP contribution < -0.4 is 10.6 Å². The molecule has 0 bridgehead atoms. The number of nitrogens with zero attached hydrogens (tertiary/aromatic N) is 4. The fourth-order valence-corrected chi connectivity index (χ4v) is 2.96. The Morgan fingerprint density at radius 1 is 1.42 bits per heavy atom. The predicted octanol–water partition coefficient (Wildman–Crippen LogP) is 2.96. The van der Waals surface area contributed by atoms with Crippen molar-refractivity contribution in [3.63, 3.8) is 0 Å². The SMILES string of the molecule is Cc1csc(C(C)CNC(=O)Nc2ccc(-n3cccn3)nc2)n1. The first-order valence-corrected chi connectivity index (χ1v) is 8.43. The summed E-state index contributed by atoms with van der Waals surface area (Å²) >= 11 is 1.61. The lowest BCUT2D eigenvalue weighted by molar-refractivity contribution is 0.251. The van der Waals surface area contributed by atoms with Crippen LogP contribution in [-0.4, -0.2) is 32.3 Å². The second-order valence-electron chi connectivity index (χ2n) is 5.42. The van der Waals surface area contributed by atoms with Crippen molar-refractivity contribution < 1.29 is 4.79 Å². The van der Waals surface area contributed by atoms with Crippen LogP contribution in [0.5, 0.6) is 0 Å². The molecular formula is C16H18N6OS. The number of anilines is 1. The minimum absolute atomic E-state index is 0.176. The molecule has 3 rings (SSSR count). The number of nitrogens with one attached hydrogen (secondary N) is 2. The summed E-state index contributed by atoms with van der Waals surface area (Å²) in [5.41, 5.74) is 1.63. The van der Waals surface area contributed by atoms with Gasteiger partial charge >= 0.3 is 6.03 Å². The molecule has 1 unspecified atom stereocenters. The van der Waals surface area contributed by atoms with Crippen LogP contribution in [-0.2, 0) is 0 Å². The molecule has 1 atom stereocenters. The first-order valence-electron chi connectivity index (χ1n) is 7.55. The Kier molecular flexibility index (Phi) is 4.85. The Bertz CT molecular complexity index is 796. The van der Waals surface area contributed by atoms with Gasteiger partial charge in [-0.05, 0) is 25.1 Å². The second-order valence-corrected chi connectivity index (χ2v) is 6.31. The van der Waals surface area contributed by atoms with Gasteiger partial charge in [-0.3, -0.25) is 0 Å². The lowest BCUT2D eigenvalue weighted by atomic mass is 10.2. The van der Waals surface area contributed by atoms with Gasteiger partial charge in [0.15, 0.2) is 5.82 Å². The van der Waals surface area contributed by atoms with Crippen molar-refractivity contribution in [1.29, 1.82) is 0 Å². The molecule has 0 aliphatic heterocycles. The van der Waals surface area contributed by atoms with Crippen molar-refractivity contribution >= 4 is 23.1 Å². The highest BCUT2D eigenvalue weighted by molar-refractivity contribution is 7.09. The molecular weight excluding hydrogens is 324 g/mol. The molecule has 0 radical (unpaired) electrons. The summed E-state index contributed by atoms with van der Waals surface area (Å²) in [6, 6.07) is 5.15. The van der Waals surface area contributed by atoms with Crippen LogP contribution in [0.3, 0.4) is 0 Å². The monoisotopic (exact) mass is 342 g/mol. The molecule has 0 aliphatic carbocycles. The van der Waals surface area contributed by atoms with E-state index in [1.54, 1.807) is 40.5 Å². The van der Waals surface area contributed by atoms with E-state index >= 15 is 0 Å². The van der Waals surface area contributed by atoms with Crippen LogP contribution in [0.4, 0.5) is 10.5 Å². The second kappa shape index (κ2) is 7.22. The molecule has 0 saturated heterocycles. The number of hydrogen-bond donors (Lipinski definition) is 2. The molecule has 0 aromatic carbocycles. The van der Waals surface area contributed by atoms with Gasteiger partial charge in [0, 0.05) is 35.9 Å². The third kappa shape index (κ3) is 3.96. The lowest BCUT2D eigenvalue weighted by Gasteiger charge is -2.11. The van der Waals surface area contributed by atoms with E-state index in [9.17, 15) is 4.79 Å². The fraction of sp³-hybridized carbons (Fsp3) is 0.250. The van der Waals surface area contributed by atoms with Crippen LogP contribution in [0.15, 0.2) is 42.2 Å². The number of aryl methyl sites for hydroxylation is 1. The van der Waals surface area contributed by atoms with Crippen LogP contribution in [0.25, 0.3) is 5.82 Å². The van der Waals surface area contributed by atoms with Crippen LogP contribution >= 0.6 is 11.3 Å². The van der Waals surface area contributed by atoms with Gasteiger partial charge in [0.25, 0.3) is 0 Å². The molecule has 0 saturated carbocycles. The minimum atomic E-state index is -0.260. The molecule has 2 amide bonds. The van der Waals surface area contributed by atoms with Gasteiger partial charge in [-0.2, -0.15) is 5.10 Å². The first kappa shape index (κ1) is 16.1. The number of amides is 2. The summed E-state index contributed by atoms with van der Waals surface area (Å²) in [4.78, 5) is 20.7. The quantitative estimate of drug-likeness (QED) is 0.746. The number of hydrogen-bond acceptors (Lipinski definition) is 5. The van der Waals surface area contributed by atoms with Gasteiger partial charge in [0.1, 0.15) is 0 Å².